The van der Waals surface area contributed by atoms with Gasteiger partial charge in [0.2, 0.25) is 10.0 Å². The van der Waals surface area contributed by atoms with E-state index in [2.05, 4.69) is 10.2 Å². The Morgan fingerprint density at radius 3 is 2.83 bits per heavy atom. The topological polar surface area (TPSA) is 86.4 Å². The van der Waals surface area contributed by atoms with E-state index in [9.17, 15) is 13.2 Å². The molecule has 2 heterocycles. The van der Waals surface area contributed by atoms with Crippen molar-refractivity contribution >= 4 is 22.0 Å². The number of fused-ring (bicyclic) bond motifs is 1. The maximum Gasteiger partial charge on any atom is 0.256 e. The highest BCUT2D eigenvalue weighted by Gasteiger charge is 2.35. The quantitative estimate of drug-likeness (QED) is 0.833. The van der Waals surface area contributed by atoms with Gasteiger partial charge in [-0.05, 0) is 42.9 Å². The molecular formula is C21H26N4O3S. The third-order valence-corrected chi connectivity index (χ3v) is 7.78. The molecule has 7 nitrogen and oxygen atoms in total. The number of carbonyl (C=O) groups is 1. The van der Waals surface area contributed by atoms with Gasteiger partial charge < -0.3 is 4.90 Å². The monoisotopic (exact) mass is 414 g/mol. The van der Waals surface area contributed by atoms with Gasteiger partial charge in [0, 0.05) is 33.1 Å². The fourth-order valence-electron chi connectivity index (χ4n) is 4.19. The molecule has 1 unspecified atom stereocenters. The minimum atomic E-state index is -3.54. The Morgan fingerprint density at radius 2 is 2.03 bits per heavy atom. The molecule has 1 aromatic carbocycles. The molecule has 1 saturated heterocycles. The summed E-state index contributed by atoms with van der Waals surface area (Å²) >= 11 is 0. The van der Waals surface area contributed by atoms with Gasteiger partial charge in [-0.2, -0.15) is 9.40 Å². The van der Waals surface area contributed by atoms with Crippen LogP contribution in [0.2, 0.25) is 0 Å². The number of rotatable bonds is 4. The summed E-state index contributed by atoms with van der Waals surface area (Å²) in [6.45, 7) is 0.861. The van der Waals surface area contributed by atoms with Crippen LogP contribution in [-0.4, -0.2) is 60.9 Å². The number of carbonyl (C=O) groups excluding carboxylic acids is 1. The summed E-state index contributed by atoms with van der Waals surface area (Å²) in [6, 6.07) is 7.93. The van der Waals surface area contributed by atoms with Gasteiger partial charge in [-0.1, -0.05) is 24.3 Å². The Kier molecular flexibility index (Phi) is 5.31. The van der Waals surface area contributed by atoms with Gasteiger partial charge in [0.15, 0.2) is 0 Å². The third kappa shape index (κ3) is 3.74. The van der Waals surface area contributed by atoms with Gasteiger partial charge in [0.25, 0.3) is 5.91 Å². The van der Waals surface area contributed by atoms with Crippen LogP contribution in [0.25, 0.3) is 6.08 Å². The normalized spacial score (nSPS) is 20.1. The van der Waals surface area contributed by atoms with Crippen LogP contribution in [0.3, 0.4) is 0 Å². The molecule has 8 heteroatoms. The maximum absolute atomic E-state index is 13.3. The fraction of sp³-hybridized carbons (Fsp3) is 0.429. The number of nitrogens with one attached hydrogen (secondary N) is 1. The molecule has 0 spiro atoms. The number of benzene rings is 1. The van der Waals surface area contributed by atoms with Crippen molar-refractivity contribution in [2.75, 3.05) is 27.2 Å². The van der Waals surface area contributed by atoms with E-state index in [-0.39, 0.29) is 11.8 Å². The zero-order chi connectivity index (χ0) is 20.6. The summed E-state index contributed by atoms with van der Waals surface area (Å²) in [7, 11) is -0.139. The standard InChI is InChI=1S/C21H26N4O3S/c1-24(2)21(26)19-13-22-23-20(19)17-8-5-11-25(14-17)29(27,28)18-10-9-15-6-3-4-7-16(15)12-18/h3-4,6-7,12-13,17H,5,8-11,14H2,1-2H3,(H,22,23). The first-order chi connectivity index (χ1) is 13.9. The van der Waals surface area contributed by atoms with E-state index in [4.69, 9.17) is 0 Å². The SMILES string of the molecule is CN(C)C(=O)c1cn[nH]c1C1CCCN(S(=O)(=O)C2=Cc3ccccc3CC2)C1. The highest BCUT2D eigenvalue weighted by Crippen LogP contribution is 2.34. The van der Waals surface area contributed by atoms with E-state index in [1.165, 1.54) is 16.7 Å². The zero-order valence-corrected chi connectivity index (χ0v) is 17.6. The fourth-order valence-corrected chi connectivity index (χ4v) is 5.90. The first-order valence-corrected chi connectivity index (χ1v) is 11.4. The van der Waals surface area contributed by atoms with Crippen molar-refractivity contribution in [3.63, 3.8) is 0 Å². The lowest BCUT2D eigenvalue weighted by Gasteiger charge is -2.33. The molecule has 0 bridgehead atoms. The molecule has 154 valence electrons. The van der Waals surface area contributed by atoms with E-state index in [1.54, 1.807) is 18.4 Å². The largest absolute Gasteiger partial charge is 0.345 e. The van der Waals surface area contributed by atoms with Gasteiger partial charge in [0.1, 0.15) is 0 Å². The van der Waals surface area contributed by atoms with Crippen LogP contribution in [0.5, 0.6) is 0 Å². The smallest absolute Gasteiger partial charge is 0.256 e. The molecule has 1 atom stereocenters. The number of hydrogen-bond donors (Lipinski definition) is 1. The molecule has 2 aliphatic rings. The molecular weight excluding hydrogens is 388 g/mol. The highest BCUT2D eigenvalue weighted by molar-refractivity contribution is 7.93. The van der Waals surface area contributed by atoms with Crippen molar-refractivity contribution in [3.05, 3.63) is 57.8 Å². The number of allylic oxidation sites excluding steroid dienone is 1. The summed E-state index contributed by atoms with van der Waals surface area (Å²) in [4.78, 5) is 14.4. The lowest BCUT2D eigenvalue weighted by atomic mass is 9.93. The number of aryl methyl sites for hydroxylation is 1. The minimum Gasteiger partial charge on any atom is -0.345 e. The summed E-state index contributed by atoms with van der Waals surface area (Å²) in [5.41, 5.74) is 3.42. The third-order valence-electron chi connectivity index (χ3n) is 5.78. The number of piperidine rings is 1. The summed E-state index contributed by atoms with van der Waals surface area (Å²) < 4.78 is 28.3. The maximum atomic E-state index is 13.3. The van der Waals surface area contributed by atoms with Crippen molar-refractivity contribution in [1.29, 1.82) is 0 Å². The molecule has 1 N–H and O–H groups in total. The molecule has 4 rings (SSSR count). The second-order valence-electron chi connectivity index (χ2n) is 7.91. The molecule has 29 heavy (non-hydrogen) atoms. The molecule has 1 aliphatic carbocycles. The Balaban J connectivity index is 1.59. The Morgan fingerprint density at radius 1 is 1.24 bits per heavy atom. The van der Waals surface area contributed by atoms with E-state index in [1.807, 2.05) is 30.3 Å². The van der Waals surface area contributed by atoms with Gasteiger partial charge in [-0.25, -0.2) is 8.42 Å². The van der Waals surface area contributed by atoms with Gasteiger partial charge in [-0.3, -0.25) is 9.89 Å². The molecule has 2 aromatic rings. The summed E-state index contributed by atoms with van der Waals surface area (Å²) in [5.74, 6) is -0.197. The summed E-state index contributed by atoms with van der Waals surface area (Å²) in [6.07, 6.45) is 6.18. The molecule has 0 saturated carbocycles. The average Bonchev–Trinajstić information content (AvgIpc) is 3.22. The Labute approximate surface area is 171 Å². The van der Waals surface area contributed by atoms with Gasteiger partial charge in [-0.15, -0.1) is 0 Å². The van der Waals surface area contributed by atoms with Crippen LogP contribution in [0.15, 0.2) is 35.4 Å². The minimum absolute atomic E-state index is 0.0728. The van der Waals surface area contributed by atoms with E-state index in [0.717, 1.165) is 30.5 Å². The summed E-state index contributed by atoms with van der Waals surface area (Å²) in [5, 5.41) is 6.99. The number of aromatic nitrogens is 2. The van der Waals surface area contributed by atoms with Crippen LogP contribution in [0, 0.1) is 0 Å². The second kappa shape index (κ2) is 7.76. The zero-order valence-electron chi connectivity index (χ0n) is 16.8. The van der Waals surface area contributed by atoms with Crippen molar-refractivity contribution in [3.8, 4) is 0 Å². The average molecular weight is 415 g/mol. The van der Waals surface area contributed by atoms with Crippen LogP contribution >= 0.6 is 0 Å². The Bertz CT molecular complexity index is 1060. The lowest BCUT2D eigenvalue weighted by Crippen LogP contribution is -2.40. The first kappa shape index (κ1) is 19.8. The van der Waals surface area contributed by atoms with Crippen LogP contribution in [0.1, 0.15) is 52.4 Å². The number of nitrogens with zero attached hydrogens (tertiary/aromatic N) is 3. The van der Waals surface area contributed by atoms with E-state index in [0.29, 0.717) is 30.0 Å². The number of aromatic amines is 1. The lowest BCUT2D eigenvalue weighted by molar-refractivity contribution is 0.0825. The van der Waals surface area contributed by atoms with Crippen LogP contribution in [-0.2, 0) is 16.4 Å². The molecule has 1 aromatic heterocycles. The molecule has 1 fully saturated rings. The highest BCUT2D eigenvalue weighted by atomic mass is 32.2. The molecule has 1 amide bonds. The van der Waals surface area contributed by atoms with Crippen molar-refractivity contribution in [2.24, 2.45) is 0 Å². The van der Waals surface area contributed by atoms with Crippen LogP contribution < -0.4 is 0 Å². The van der Waals surface area contributed by atoms with Gasteiger partial charge in [0.05, 0.1) is 22.4 Å². The van der Waals surface area contributed by atoms with E-state index >= 15 is 0 Å². The predicted octanol–water partition coefficient (Wildman–Crippen LogP) is 2.61. The van der Waals surface area contributed by atoms with Crippen molar-refractivity contribution < 1.29 is 13.2 Å². The number of H-pyrrole nitrogens is 1. The second-order valence-corrected chi connectivity index (χ2v) is 9.90. The molecule has 0 radical (unpaired) electrons. The van der Waals surface area contributed by atoms with Crippen molar-refractivity contribution in [2.45, 2.75) is 31.6 Å². The van der Waals surface area contributed by atoms with E-state index < -0.39 is 10.0 Å². The van der Waals surface area contributed by atoms with Crippen molar-refractivity contribution in [1.82, 2.24) is 19.4 Å². The van der Waals surface area contributed by atoms with Gasteiger partial charge >= 0.3 is 0 Å². The first-order valence-electron chi connectivity index (χ1n) is 9.91. The molecule has 1 aliphatic heterocycles. The Hall–Kier alpha value is -2.45. The number of hydrogen-bond acceptors (Lipinski definition) is 4. The number of sulfonamides is 1. The number of amides is 1. The van der Waals surface area contributed by atoms with Crippen LogP contribution in [0.4, 0.5) is 0 Å². The predicted molar refractivity (Wildman–Crippen MR) is 112 cm³/mol.